The Labute approximate surface area is 130 Å². The van der Waals surface area contributed by atoms with E-state index in [1.165, 1.54) is 12.1 Å². The lowest BCUT2D eigenvalue weighted by atomic mass is 10.1. The fraction of sp³-hybridized carbons (Fsp3) is 0. The molecule has 20 heavy (non-hydrogen) atoms. The zero-order valence-electron chi connectivity index (χ0n) is 9.85. The summed E-state index contributed by atoms with van der Waals surface area (Å²) in [6.45, 7) is 0. The number of carbonyl (C=O) groups excluding carboxylic acids is 2. The predicted molar refractivity (Wildman–Crippen MR) is 78.1 cm³/mol. The second kappa shape index (κ2) is 5.03. The number of halogens is 2. The molecule has 0 radical (unpaired) electrons. The molecular weight excluding hydrogens is 392 g/mol. The van der Waals surface area contributed by atoms with E-state index in [1.54, 1.807) is 6.07 Å². The molecule has 0 fully saturated rings. The third-order valence-electron chi connectivity index (χ3n) is 2.76. The molecule has 3 rings (SSSR count). The lowest BCUT2D eigenvalue weighted by molar-refractivity contribution is 0.0443. The number of ether oxygens (including phenoxy) is 2. The quantitative estimate of drug-likeness (QED) is 0.559. The third-order valence-corrected chi connectivity index (χ3v) is 4.00. The minimum absolute atomic E-state index is 0.218. The van der Waals surface area contributed by atoms with E-state index in [-0.39, 0.29) is 11.1 Å². The molecule has 0 saturated heterocycles. The van der Waals surface area contributed by atoms with Gasteiger partial charge in [-0.1, -0.05) is 6.07 Å². The zero-order chi connectivity index (χ0) is 14.3. The van der Waals surface area contributed by atoms with Crippen LogP contribution in [0, 0.1) is 0 Å². The van der Waals surface area contributed by atoms with E-state index in [4.69, 9.17) is 4.74 Å². The first kappa shape index (κ1) is 13.3. The van der Waals surface area contributed by atoms with Crippen LogP contribution in [-0.4, -0.2) is 11.9 Å². The van der Waals surface area contributed by atoms with Crippen LogP contribution in [0.1, 0.15) is 20.7 Å². The van der Waals surface area contributed by atoms with Gasteiger partial charge in [0, 0.05) is 0 Å². The summed E-state index contributed by atoms with van der Waals surface area (Å²) < 4.78 is 11.8. The van der Waals surface area contributed by atoms with Crippen molar-refractivity contribution in [1.82, 2.24) is 0 Å². The molecule has 2 aromatic rings. The average molecular weight is 398 g/mol. The first-order valence-corrected chi connectivity index (χ1v) is 7.17. The molecule has 0 unspecified atom stereocenters. The van der Waals surface area contributed by atoms with Crippen molar-refractivity contribution in [3.8, 4) is 11.5 Å². The van der Waals surface area contributed by atoms with E-state index in [2.05, 4.69) is 36.6 Å². The van der Waals surface area contributed by atoms with E-state index < -0.39 is 11.9 Å². The fourth-order valence-corrected chi connectivity index (χ4v) is 2.99. The van der Waals surface area contributed by atoms with Crippen LogP contribution in [0.4, 0.5) is 0 Å². The number of fused-ring (bicyclic) bond motifs is 1. The molecule has 0 spiro atoms. The molecule has 6 heteroatoms. The van der Waals surface area contributed by atoms with Crippen LogP contribution < -0.4 is 4.74 Å². The Balaban J connectivity index is 1.99. The Kier molecular flexibility index (Phi) is 3.35. The maximum atomic E-state index is 11.5. The smallest absolute Gasteiger partial charge is 0.347 e. The maximum absolute atomic E-state index is 11.5. The van der Waals surface area contributed by atoms with Gasteiger partial charge in [0.15, 0.2) is 5.75 Å². The molecule has 0 aromatic heterocycles. The maximum Gasteiger partial charge on any atom is 0.347 e. The van der Waals surface area contributed by atoms with Gasteiger partial charge in [0.05, 0.1) is 20.1 Å². The van der Waals surface area contributed by atoms with Gasteiger partial charge in [-0.3, -0.25) is 0 Å². The third kappa shape index (κ3) is 2.25. The first-order valence-electron chi connectivity index (χ1n) is 5.58. The van der Waals surface area contributed by atoms with Gasteiger partial charge in [0.25, 0.3) is 0 Å². The summed E-state index contributed by atoms with van der Waals surface area (Å²) in [5, 5.41) is 0. The summed E-state index contributed by atoms with van der Waals surface area (Å²) in [6, 6.07) is 10.2. The standard InChI is InChI=1S/C14H6Br2O4/c15-10-2-1-3-11(16)12(10)19-7-4-5-8-9(6-7)14(18)20-13(8)17/h1-6H. The Morgan fingerprint density at radius 3 is 2.25 bits per heavy atom. The number of hydrogen-bond acceptors (Lipinski definition) is 4. The summed E-state index contributed by atoms with van der Waals surface area (Å²) in [4.78, 5) is 22.9. The van der Waals surface area contributed by atoms with Crippen molar-refractivity contribution in [1.29, 1.82) is 0 Å². The van der Waals surface area contributed by atoms with Gasteiger partial charge >= 0.3 is 11.9 Å². The van der Waals surface area contributed by atoms with E-state index in [9.17, 15) is 9.59 Å². The SMILES string of the molecule is O=C1OC(=O)c2cc(Oc3c(Br)cccc3Br)ccc21. The molecule has 0 N–H and O–H groups in total. The number of esters is 2. The second-order valence-corrected chi connectivity index (χ2v) is 5.75. The summed E-state index contributed by atoms with van der Waals surface area (Å²) in [7, 11) is 0. The van der Waals surface area contributed by atoms with Crippen LogP contribution in [-0.2, 0) is 4.74 Å². The molecule has 2 aromatic carbocycles. The van der Waals surface area contributed by atoms with Crippen molar-refractivity contribution >= 4 is 43.8 Å². The van der Waals surface area contributed by atoms with Gasteiger partial charge in [0.1, 0.15) is 5.75 Å². The van der Waals surface area contributed by atoms with Crippen molar-refractivity contribution in [3.63, 3.8) is 0 Å². The molecule has 4 nitrogen and oxygen atoms in total. The fourth-order valence-electron chi connectivity index (χ4n) is 1.83. The van der Waals surface area contributed by atoms with Crippen LogP contribution in [0.2, 0.25) is 0 Å². The van der Waals surface area contributed by atoms with Crippen LogP contribution in [0.15, 0.2) is 45.3 Å². The first-order chi connectivity index (χ1) is 9.56. The molecule has 0 amide bonds. The molecule has 0 aliphatic carbocycles. The van der Waals surface area contributed by atoms with E-state index in [0.29, 0.717) is 11.5 Å². The minimum atomic E-state index is -0.651. The Hall–Kier alpha value is -1.66. The van der Waals surface area contributed by atoms with Crippen LogP contribution in [0.5, 0.6) is 11.5 Å². The normalized spacial score (nSPS) is 13.1. The highest BCUT2D eigenvalue weighted by Crippen LogP contribution is 2.37. The molecule has 0 atom stereocenters. The Morgan fingerprint density at radius 2 is 1.55 bits per heavy atom. The van der Waals surface area contributed by atoms with Gasteiger partial charge in [-0.05, 0) is 62.2 Å². The highest BCUT2D eigenvalue weighted by Gasteiger charge is 2.30. The molecular formula is C14H6Br2O4. The predicted octanol–water partition coefficient (Wildman–Crippen LogP) is 4.31. The van der Waals surface area contributed by atoms with Gasteiger partial charge in [-0.2, -0.15) is 0 Å². The van der Waals surface area contributed by atoms with Crippen molar-refractivity contribution in [3.05, 3.63) is 56.5 Å². The monoisotopic (exact) mass is 396 g/mol. The van der Waals surface area contributed by atoms with Crippen molar-refractivity contribution in [2.24, 2.45) is 0 Å². The molecule has 1 aliphatic heterocycles. The van der Waals surface area contributed by atoms with Crippen LogP contribution >= 0.6 is 31.9 Å². The van der Waals surface area contributed by atoms with Gasteiger partial charge in [-0.25, -0.2) is 9.59 Å². The van der Waals surface area contributed by atoms with Crippen LogP contribution in [0.25, 0.3) is 0 Å². The van der Waals surface area contributed by atoms with E-state index in [1.807, 2.05) is 18.2 Å². The highest BCUT2D eigenvalue weighted by molar-refractivity contribution is 9.11. The molecule has 100 valence electrons. The van der Waals surface area contributed by atoms with E-state index >= 15 is 0 Å². The number of benzene rings is 2. The van der Waals surface area contributed by atoms with Crippen LogP contribution in [0.3, 0.4) is 0 Å². The second-order valence-electron chi connectivity index (χ2n) is 4.04. The molecule has 1 heterocycles. The molecule has 0 saturated carbocycles. The number of carbonyl (C=O) groups is 2. The van der Waals surface area contributed by atoms with Crippen molar-refractivity contribution in [2.45, 2.75) is 0 Å². The van der Waals surface area contributed by atoms with Gasteiger partial charge < -0.3 is 9.47 Å². The topological polar surface area (TPSA) is 52.6 Å². The summed E-state index contributed by atoms with van der Waals surface area (Å²) >= 11 is 6.78. The minimum Gasteiger partial charge on any atom is -0.455 e. The summed E-state index contributed by atoms with van der Waals surface area (Å²) in [6.07, 6.45) is 0. The Bertz CT molecular complexity index is 720. The lowest BCUT2D eigenvalue weighted by Gasteiger charge is -2.10. The highest BCUT2D eigenvalue weighted by atomic mass is 79.9. The lowest BCUT2D eigenvalue weighted by Crippen LogP contribution is -1.96. The number of para-hydroxylation sites is 1. The zero-order valence-corrected chi connectivity index (χ0v) is 13.0. The number of cyclic esters (lactones) is 2. The summed E-state index contributed by atoms with van der Waals surface area (Å²) in [5.74, 6) is -0.242. The average Bonchev–Trinajstić information content (AvgIpc) is 2.69. The Morgan fingerprint density at radius 1 is 0.900 bits per heavy atom. The van der Waals surface area contributed by atoms with Crippen molar-refractivity contribution in [2.75, 3.05) is 0 Å². The van der Waals surface area contributed by atoms with Crippen molar-refractivity contribution < 1.29 is 19.1 Å². The largest absolute Gasteiger partial charge is 0.455 e. The number of hydrogen-bond donors (Lipinski definition) is 0. The van der Waals surface area contributed by atoms with E-state index in [0.717, 1.165) is 8.95 Å². The summed E-state index contributed by atoms with van der Waals surface area (Å²) in [5.41, 5.74) is 0.476. The number of rotatable bonds is 2. The molecule has 1 aliphatic rings. The van der Waals surface area contributed by atoms with Gasteiger partial charge in [-0.15, -0.1) is 0 Å². The van der Waals surface area contributed by atoms with Gasteiger partial charge in [0.2, 0.25) is 0 Å². The molecule has 0 bridgehead atoms.